The van der Waals surface area contributed by atoms with E-state index < -0.39 is 0 Å². The van der Waals surface area contributed by atoms with E-state index in [-0.39, 0.29) is 0 Å². The van der Waals surface area contributed by atoms with Crippen LogP contribution in [0.5, 0.6) is 0 Å². The van der Waals surface area contributed by atoms with Crippen LogP contribution in [0.25, 0.3) is 22.3 Å². The van der Waals surface area contributed by atoms with Gasteiger partial charge in [0, 0.05) is 0 Å². The first kappa shape index (κ1) is 12.7. The van der Waals surface area contributed by atoms with Gasteiger partial charge in [-0.15, -0.1) is 0 Å². The van der Waals surface area contributed by atoms with E-state index in [0.29, 0.717) is 0 Å². The molecule has 0 amide bonds. The van der Waals surface area contributed by atoms with Gasteiger partial charge in [-0.1, -0.05) is 72.8 Å². The van der Waals surface area contributed by atoms with Gasteiger partial charge >= 0.3 is 0 Å². The third kappa shape index (κ3) is 2.37. The van der Waals surface area contributed by atoms with E-state index in [0.717, 1.165) is 0 Å². The van der Waals surface area contributed by atoms with Gasteiger partial charge in [0.05, 0.1) is 0 Å². The summed E-state index contributed by atoms with van der Waals surface area (Å²) in [6.45, 7) is 4.38. The molecule has 0 fully saturated rings. The van der Waals surface area contributed by atoms with Crippen molar-refractivity contribution in [1.82, 2.24) is 0 Å². The first-order valence-corrected chi connectivity index (χ1v) is 6.98. The second kappa shape index (κ2) is 5.34. The van der Waals surface area contributed by atoms with Crippen molar-refractivity contribution in [1.29, 1.82) is 0 Å². The summed E-state index contributed by atoms with van der Waals surface area (Å²) in [4.78, 5) is 0. The first-order valence-electron chi connectivity index (χ1n) is 6.98. The van der Waals surface area contributed by atoms with Crippen molar-refractivity contribution in [3.05, 3.63) is 83.9 Å². The average molecular weight is 258 g/mol. The molecule has 0 radical (unpaired) electrons. The molecule has 0 unspecified atom stereocenters. The van der Waals surface area contributed by atoms with Crippen molar-refractivity contribution in [2.24, 2.45) is 0 Å². The zero-order valence-corrected chi connectivity index (χ0v) is 11.9. The maximum atomic E-state index is 2.27. The van der Waals surface area contributed by atoms with Gasteiger partial charge in [0.25, 0.3) is 0 Å². The second-order valence-electron chi connectivity index (χ2n) is 5.22. The van der Waals surface area contributed by atoms with Crippen molar-refractivity contribution in [3.8, 4) is 22.3 Å². The molecule has 3 rings (SSSR count). The van der Waals surface area contributed by atoms with E-state index in [4.69, 9.17) is 0 Å². The van der Waals surface area contributed by atoms with E-state index >= 15 is 0 Å². The van der Waals surface area contributed by atoms with Gasteiger partial charge in [-0.25, -0.2) is 0 Å². The maximum absolute atomic E-state index is 2.27. The number of rotatable bonds is 2. The molecule has 0 saturated carbocycles. The average Bonchev–Trinajstić information content (AvgIpc) is 2.51. The summed E-state index contributed by atoms with van der Waals surface area (Å²) in [7, 11) is 0. The Morgan fingerprint density at radius 2 is 0.950 bits per heavy atom. The minimum absolute atomic E-state index is 1.28. The lowest BCUT2D eigenvalue weighted by molar-refractivity contribution is 1.39. The Balaban J connectivity index is 2.22. The van der Waals surface area contributed by atoms with Crippen LogP contribution in [0.2, 0.25) is 0 Å². The normalized spacial score (nSPS) is 10.5. The fourth-order valence-electron chi connectivity index (χ4n) is 2.69. The SMILES string of the molecule is Cc1cc(-c2ccccc2)c(C)c(-c2ccccc2)c1. The summed E-state index contributed by atoms with van der Waals surface area (Å²) in [6, 6.07) is 25.8. The molecular weight excluding hydrogens is 240 g/mol. The van der Waals surface area contributed by atoms with Gasteiger partial charge in [0.1, 0.15) is 0 Å². The molecule has 98 valence electrons. The molecule has 3 aromatic carbocycles. The van der Waals surface area contributed by atoms with Crippen molar-refractivity contribution in [2.75, 3.05) is 0 Å². The molecule has 0 spiro atoms. The lowest BCUT2D eigenvalue weighted by atomic mass is 9.91. The molecule has 0 aliphatic carbocycles. The van der Waals surface area contributed by atoms with Crippen LogP contribution in [-0.2, 0) is 0 Å². The van der Waals surface area contributed by atoms with Crippen LogP contribution in [-0.4, -0.2) is 0 Å². The van der Waals surface area contributed by atoms with E-state index in [1.807, 2.05) is 0 Å². The summed E-state index contributed by atoms with van der Waals surface area (Å²) < 4.78 is 0. The van der Waals surface area contributed by atoms with E-state index in [9.17, 15) is 0 Å². The van der Waals surface area contributed by atoms with Gasteiger partial charge in [0.15, 0.2) is 0 Å². The lowest BCUT2D eigenvalue weighted by Crippen LogP contribution is -1.90. The monoisotopic (exact) mass is 258 g/mol. The highest BCUT2D eigenvalue weighted by Crippen LogP contribution is 2.32. The van der Waals surface area contributed by atoms with Crippen molar-refractivity contribution >= 4 is 0 Å². The van der Waals surface area contributed by atoms with Crippen molar-refractivity contribution in [3.63, 3.8) is 0 Å². The third-order valence-electron chi connectivity index (χ3n) is 3.72. The molecule has 0 saturated heterocycles. The Morgan fingerprint density at radius 3 is 1.35 bits per heavy atom. The smallest absolute Gasteiger partial charge is 0.0146 e. The number of aryl methyl sites for hydroxylation is 1. The van der Waals surface area contributed by atoms with E-state index in [1.165, 1.54) is 33.4 Å². The van der Waals surface area contributed by atoms with Crippen LogP contribution in [0.3, 0.4) is 0 Å². The summed E-state index contributed by atoms with van der Waals surface area (Å²) in [5.74, 6) is 0. The largest absolute Gasteiger partial charge is 0.0622 e. The molecule has 0 nitrogen and oxygen atoms in total. The van der Waals surface area contributed by atoms with Crippen molar-refractivity contribution in [2.45, 2.75) is 13.8 Å². The molecule has 0 heteroatoms. The fourth-order valence-corrected chi connectivity index (χ4v) is 2.69. The predicted octanol–water partition coefficient (Wildman–Crippen LogP) is 5.64. The Hall–Kier alpha value is -2.34. The Kier molecular flexibility index (Phi) is 3.39. The molecule has 0 aliphatic rings. The topological polar surface area (TPSA) is 0 Å². The number of hydrogen-bond acceptors (Lipinski definition) is 0. The summed E-state index contributed by atoms with van der Waals surface area (Å²) >= 11 is 0. The van der Waals surface area contributed by atoms with Crippen molar-refractivity contribution < 1.29 is 0 Å². The van der Waals surface area contributed by atoms with Crippen LogP contribution >= 0.6 is 0 Å². The maximum Gasteiger partial charge on any atom is -0.0146 e. The molecule has 0 bridgehead atoms. The van der Waals surface area contributed by atoms with Gasteiger partial charge in [0.2, 0.25) is 0 Å². The number of benzene rings is 3. The summed E-state index contributed by atoms with van der Waals surface area (Å²) in [5, 5.41) is 0. The molecular formula is C20H18. The molecule has 0 atom stereocenters. The standard InChI is InChI=1S/C20H18/c1-15-13-19(17-9-5-3-6-10-17)16(2)20(14-15)18-11-7-4-8-12-18/h3-14H,1-2H3. The molecule has 20 heavy (non-hydrogen) atoms. The Morgan fingerprint density at radius 1 is 0.550 bits per heavy atom. The Bertz CT molecular complexity index is 649. The van der Waals surface area contributed by atoms with Gasteiger partial charge in [-0.05, 0) is 47.2 Å². The Labute approximate surface area is 120 Å². The van der Waals surface area contributed by atoms with Crippen LogP contribution in [0.1, 0.15) is 11.1 Å². The number of hydrogen-bond donors (Lipinski definition) is 0. The highest BCUT2D eigenvalue weighted by Gasteiger charge is 2.09. The molecule has 0 aromatic heterocycles. The highest BCUT2D eigenvalue weighted by molar-refractivity contribution is 5.79. The second-order valence-corrected chi connectivity index (χ2v) is 5.22. The predicted molar refractivity (Wildman–Crippen MR) is 86.8 cm³/mol. The van der Waals surface area contributed by atoms with Crippen LogP contribution in [0.4, 0.5) is 0 Å². The molecule has 0 N–H and O–H groups in total. The fraction of sp³-hybridized carbons (Fsp3) is 0.100. The molecule has 0 heterocycles. The summed E-state index contributed by atoms with van der Waals surface area (Å²) in [6.07, 6.45) is 0. The highest BCUT2D eigenvalue weighted by atomic mass is 14.1. The minimum Gasteiger partial charge on any atom is -0.0622 e. The van der Waals surface area contributed by atoms with Gasteiger partial charge in [-0.2, -0.15) is 0 Å². The van der Waals surface area contributed by atoms with Gasteiger partial charge < -0.3 is 0 Å². The zero-order chi connectivity index (χ0) is 13.9. The van der Waals surface area contributed by atoms with Crippen LogP contribution < -0.4 is 0 Å². The quantitative estimate of drug-likeness (QED) is 0.558. The van der Waals surface area contributed by atoms with E-state index in [1.54, 1.807) is 0 Å². The van der Waals surface area contributed by atoms with E-state index in [2.05, 4.69) is 86.6 Å². The minimum atomic E-state index is 1.28. The molecule has 3 aromatic rings. The zero-order valence-electron chi connectivity index (χ0n) is 11.9. The summed E-state index contributed by atoms with van der Waals surface area (Å²) in [5.41, 5.74) is 7.85. The third-order valence-corrected chi connectivity index (χ3v) is 3.72. The van der Waals surface area contributed by atoms with Gasteiger partial charge in [-0.3, -0.25) is 0 Å². The van der Waals surface area contributed by atoms with Crippen LogP contribution in [0.15, 0.2) is 72.8 Å². The molecule has 0 aliphatic heterocycles. The van der Waals surface area contributed by atoms with Crippen LogP contribution in [0, 0.1) is 13.8 Å². The lowest BCUT2D eigenvalue weighted by Gasteiger charge is -2.14. The first-order chi connectivity index (χ1) is 9.75.